The quantitative estimate of drug-likeness (QED) is 0.751. The van der Waals surface area contributed by atoms with Gasteiger partial charge in [0.25, 0.3) is 0 Å². The Morgan fingerprint density at radius 2 is 2.22 bits per heavy atom. The lowest BCUT2D eigenvalue weighted by Gasteiger charge is -1.98. The van der Waals surface area contributed by atoms with E-state index in [9.17, 15) is 4.79 Å². The molecule has 0 bridgehead atoms. The molecule has 0 aliphatic carbocycles. The molecule has 0 radical (unpaired) electrons. The van der Waals surface area contributed by atoms with Crippen molar-refractivity contribution in [2.75, 3.05) is 0 Å². The number of aromatic amines is 1. The molecule has 1 aromatic carbocycles. The molecule has 3 rings (SSSR count). The highest BCUT2D eigenvalue weighted by Crippen LogP contribution is 2.29. The highest BCUT2D eigenvalue weighted by atomic mass is 79.9. The first-order valence-electron chi connectivity index (χ1n) is 5.38. The Kier molecular flexibility index (Phi) is 2.41. The van der Waals surface area contributed by atoms with Crippen LogP contribution < -0.4 is 5.76 Å². The number of rotatable bonds is 1. The van der Waals surface area contributed by atoms with E-state index >= 15 is 0 Å². The van der Waals surface area contributed by atoms with Gasteiger partial charge in [-0.25, -0.2) is 9.78 Å². The Labute approximate surface area is 111 Å². The third-order valence-corrected chi connectivity index (χ3v) is 3.85. The highest BCUT2D eigenvalue weighted by Gasteiger charge is 2.13. The maximum Gasteiger partial charge on any atom is 0.417 e. The minimum atomic E-state index is -0.446. The van der Waals surface area contributed by atoms with Gasteiger partial charge in [0, 0.05) is 12.6 Å². The van der Waals surface area contributed by atoms with E-state index in [1.807, 2.05) is 30.7 Å². The Hall–Kier alpha value is -1.82. The summed E-state index contributed by atoms with van der Waals surface area (Å²) in [5.41, 5.74) is 2.96. The van der Waals surface area contributed by atoms with Crippen molar-refractivity contribution in [1.29, 1.82) is 0 Å². The summed E-state index contributed by atoms with van der Waals surface area (Å²) in [6, 6.07) is 5.52. The average molecular weight is 308 g/mol. The van der Waals surface area contributed by atoms with Crippen molar-refractivity contribution in [3.8, 4) is 11.3 Å². The number of hydrogen-bond donors (Lipinski definition) is 1. The number of nitrogens with one attached hydrogen (secondary N) is 1. The van der Waals surface area contributed by atoms with Crippen molar-refractivity contribution in [3.63, 3.8) is 0 Å². The first-order chi connectivity index (χ1) is 8.56. The van der Waals surface area contributed by atoms with Crippen LogP contribution in [0.1, 0.15) is 5.82 Å². The number of oxazole rings is 1. The van der Waals surface area contributed by atoms with Crippen LogP contribution in [0.15, 0.2) is 32.0 Å². The number of aryl methyl sites for hydroxylation is 1. The fraction of sp³-hybridized carbons (Fsp3) is 0.167. The van der Waals surface area contributed by atoms with Crippen LogP contribution in [0.2, 0.25) is 0 Å². The lowest BCUT2D eigenvalue weighted by molar-refractivity contribution is 0.555. The molecule has 3 aromatic rings. The number of benzene rings is 1. The number of nitrogens with zero attached hydrogens (tertiary/aromatic N) is 2. The molecule has 0 atom stereocenters. The van der Waals surface area contributed by atoms with E-state index in [2.05, 4.69) is 25.9 Å². The summed E-state index contributed by atoms with van der Waals surface area (Å²) < 4.78 is 7.90. The zero-order valence-corrected chi connectivity index (χ0v) is 11.4. The molecular formula is C12H10BrN3O2. The summed E-state index contributed by atoms with van der Waals surface area (Å²) in [6.07, 6.45) is 0. The topological polar surface area (TPSA) is 63.8 Å². The molecule has 18 heavy (non-hydrogen) atoms. The molecule has 6 heteroatoms. The first kappa shape index (κ1) is 11.3. The van der Waals surface area contributed by atoms with E-state index in [-0.39, 0.29) is 0 Å². The fourth-order valence-corrected chi connectivity index (χ4v) is 2.43. The van der Waals surface area contributed by atoms with Crippen molar-refractivity contribution >= 4 is 27.0 Å². The van der Waals surface area contributed by atoms with Crippen LogP contribution in [-0.2, 0) is 7.05 Å². The molecule has 0 amide bonds. The zero-order valence-electron chi connectivity index (χ0n) is 9.82. The second-order valence-corrected chi connectivity index (χ2v) is 4.83. The van der Waals surface area contributed by atoms with E-state index in [1.54, 1.807) is 6.07 Å². The van der Waals surface area contributed by atoms with E-state index in [4.69, 9.17) is 4.42 Å². The molecule has 0 fully saturated rings. The molecule has 5 nitrogen and oxygen atoms in total. The Balaban J connectivity index is 2.24. The number of H-pyrrole nitrogens is 1. The summed E-state index contributed by atoms with van der Waals surface area (Å²) in [4.78, 5) is 18.2. The predicted octanol–water partition coefficient (Wildman–Crippen LogP) is 2.59. The van der Waals surface area contributed by atoms with E-state index in [0.717, 1.165) is 21.7 Å². The molecular weight excluding hydrogens is 298 g/mol. The van der Waals surface area contributed by atoms with Gasteiger partial charge in [0.1, 0.15) is 16.1 Å². The fourth-order valence-electron chi connectivity index (χ4n) is 1.86. The monoisotopic (exact) mass is 307 g/mol. The minimum absolute atomic E-state index is 0.446. The van der Waals surface area contributed by atoms with Gasteiger partial charge in [-0.3, -0.25) is 4.98 Å². The van der Waals surface area contributed by atoms with Crippen LogP contribution in [0, 0.1) is 6.92 Å². The van der Waals surface area contributed by atoms with Crippen molar-refractivity contribution in [1.82, 2.24) is 14.5 Å². The second-order valence-electron chi connectivity index (χ2n) is 4.08. The van der Waals surface area contributed by atoms with Crippen LogP contribution in [-0.4, -0.2) is 14.5 Å². The molecule has 1 N–H and O–H groups in total. The van der Waals surface area contributed by atoms with Crippen molar-refractivity contribution in [3.05, 3.63) is 39.2 Å². The third-order valence-electron chi connectivity index (χ3n) is 2.94. The van der Waals surface area contributed by atoms with Gasteiger partial charge in [0.2, 0.25) is 0 Å². The van der Waals surface area contributed by atoms with Gasteiger partial charge in [0.15, 0.2) is 5.58 Å². The first-order valence-corrected chi connectivity index (χ1v) is 6.17. The van der Waals surface area contributed by atoms with E-state index in [1.165, 1.54) is 0 Å². The largest absolute Gasteiger partial charge is 0.417 e. The van der Waals surface area contributed by atoms with Crippen LogP contribution in [0.3, 0.4) is 0 Å². The Morgan fingerprint density at radius 3 is 2.89 bits per heavy atom. The summed E-state index contributed by atoms with van der Waals surface area (Å²) >= 11 is 3.51. The van der Waals surface area contributed by atoms with Crippen molar-refractivity contribution < 1.29 is 4.42 Å². The van der Waals surface area contributed by atoms with Crippen LogP contribution in [0.4, 0.5) is 0 Å². The Morgan fingerprint density at radius 1 is 1.44 bits per heavy atom. The third kappa shape index (κ3) is 1.60. The summed E-state index contributed by atoms with van der Waals surface area (Å²) in [7, 11) is 1.94. The lowest BCUT2D eigenvalue weighted by Crippen LogP contribution is -1.92. The normalized spacial score (nSPS) is 11.3. The van der Waals surface area contributed by atoms with E-state index in [0.29, 0.717) is 11.1 Å². The van der Waals surface area contributed by atoms with Gasteiger partial charge < -0.3 is 8.98 Å². The summed E-state index contributed by atoms with van der Waals surface area (Å²) in [5.74, 6) is 0.464. The molecule has 2 heterocycles. The molecule has 0 saturated carbocycles. The lowest BCUT2D eigenvalue weighted by atomic mass is 10.1. The second kappa shape index (κ2) is 3.84. The number of hydrogen-bond acceptors (Lipinski definition) is 3. The molecule has 0 unspecified atom stereocenters. The predicted molar refractivity (Wildman–Crippen MR) is 71.5 cm³/mol. The smallest absolute Gasteiger partial charge is 0.408 e. The minimum Gasteiger partial charge on any atom is -0.408 e. The highest BCUT2D eigenvalue weighted by molar-refractivity contribution is 9.10. The number of halogens is 1. The van der Waals surface area contributed by atoms with Gasteiger partial charge >= 0.3 is 5.76 Å². The zero-order chi connectivity index (χ0) is 12.9. The van der Waals surface area contributed by atoms with Gasteiger partial charge in [-0.1, -0.05) is 6.07 Å². The Bertz CT molecular complexity index is 797. The molecule has 0 aliphatic heterocycles. The number of imidazole rings is 1. The van der Waals surface area contributed by atoms with Crippen molar-refractivity contribution in [2.45, 2.75) is 6.92 Å². The molecule has 2 aromatic heterocycles. The van der Waals surface area contributed by atoms with Crippen LogP contribution in [0.25, 0.3) is 22.4 Å². The summed E-state index contributed by atoms with van der Waals surface area (Å²) in [5, 5.41) is 0. The molecule has 0 saturated heterocycles. The van der Waals surface area contributed by atoms with Crippen LogP contribution in [0.5, 0.6) is 0 Å². The van der Waals surface area contributed by atoms with E-state index < -0.39 is 5.76 Å². The van der Waals surface area contributed by atoms with Crippen molar-refractivity contribution in [2.24, 2.45) is 7.05 Å². The average Bonchev–Trinajstić information content (AvgIpc) is 2.82. The van der Waals surface area contributed by atoms with Gasteiger partial charge in [0.05, 0.1) is 5.52 Å². The molecule has 0 spiro atoms. The summed E-state index contributed by atoms with van der Waals surface area (Å²) in [6.45, 7) is 1.93. The molecule has 92 valence electrons. The number of fused-ring (bicyclic) bond motifs is 1. The van der Waals surface area contributed by atoms with Gasteiger partial charge in [-0.05, 0) is 35.0 Å². The number of aromatic nitrogens is 3. The SMILES string of the molecule is Cc1nc(-c2ccc3[nH]c(=O)oc3c2)c(Br)n1C. The maximum absolute atomic E-state index is 11.1. The molecule has 0 aliphatic rings. The van der Waals surface area contributed by atoms with Gasteiger partial charge in [-0.2, -0.15) is 0 Å². The standard InChI is InChI=1S/C12H10BrN3O2/c1-6-14-10(11(13)16(6)2)7-3-4-8-9(5-7)18-12(17)15-8/h3-5H,1-2H3,(H,15,17). The van der Waals surface area contributed by atoms with Gasteiger partial charge in [-0.15, -0.1) is 0 Å². The maximum atomic E-state index is 11.1. The van der Waals surface area contributed by atoms with Crippen LogP contribution >= 0.6 is 15.9 Å².